The summed E-state index contributed by atoms with van der Waals surface area (Å²) in [5.74, 6) is -0.0877. The van der Waals surface area contributed by atoms with Crippen LogP contribution < -0.4 is 15.5 Å². The number of hydrogen-bond acceptors (Lipinski definition) is 4. The van der Waals surface area contributed by atoms with Gasteiger partial charge in [0, 0.05) is 14.7 Å². The smallest absolute Gasteiger partial charge is 0.277 e. The van der Waals surface area contributed by atoms with E-state index in [-0.39, 0.29) is 18.9 Å². The van der Waals surface area contributed by atoms with Gasteiger partial charge in [-0.25, -0.2) is 5.43 Å². The molecule has 2 aromatic rings. The highest BCUT2D eigenvalue weighted by Crippen LogP contribution is 2.31. The van der Waals surface area contributed by atoms with Crippen molar-refractivity contribution < 1.29 is 14.3 Å². The van der Waals surface area contributed by atoms with E-state index in [0.29, 0.717) is 17.1 Å². The third-order valence-electron chi connectivity index (χ3n) is 3.51. The molecule has 0 aliphatic rings. The van der Waals surface area contributed by atoms with Gasteiger partial charge in [0.25, 0.3) is 5.91 Å². The van der Waals surface area contributed by atoms with E-state index in [1.807, 2.05) is 37.3 Å². The van der Waals surface area contributed by atoms with Crippen LogP contribution in [-0.4, -0.2) is 24.1 Å². The third kappa shape index (κ3) is 7.03. The number of nitrogens with zero attached hydrogens (tertiary/aromatic N) is 1. The van der Waals surface area contributed by atoms with Crippen molar-refractivity contribution in [2.45, 2.75) is 20.3 Å². The Bertz CT molecular complexity index is 917. The zero-order valence-corrected chi connectivity index (χ0v) is 19.9. The quantitative estimate of drug-likeness (QED) is 0.353. The molecule has 0 aliphatic heterocycles. The fraction of sp³-hybridized carbons (Fsp3) is 0.211. The van der Waals surface area contributed by atoms with Gasteiger partial charge in [-0.1, -0.05) is 28.1 Å². The van der Waals surface area contributed by atoms with Crippen LogP contribution in [0.5, 0.6) is 5.75 Å². The van der Waals surface area contributed by atoms with Crippen molar-refractivity contribution in [3.05, 3.63) is 55.4 Å². The molecule has 148 valence electrons. The Labute approximate surface area is 188 Å². The van der Waals surface area contributed by atoms with Gasteiger partial charge in [0.15, 0.2) is 6.61 Å². The number of benzene rings is 2. The number of hydrogen-bond donors (Lipinski definition) is 2. The van der Waals surface area contributed by atoms with Crippen LogP contribution in [0.1, 0.15) is 18.9 Å². The van der Waals surface area contributed by atoms with Crippen molar-refractivity contribution in [1.82, 2.24) is 5.43 Å². The highest BCUT2D eigenvalue weighted by molar-refractivity contribution is 9.11. The molecule has 2 amide bonds. The summed E-state index contributed by atoms with van der Waals surface area (Å²) in [7, 11) is 0. The van der Waals surface area contributed by atoms with Crippen LogP contribution in [-0.2, 0) is 9.59 Å². The SMILES string of the molecule is CC(CC(=O)Nc1ccccc1Br)=NNC(=O)COc1cc(C)c(Br)cc1Br. The summed E-state index contributed by atoms with van der Waals surface area (Å²) in [6.07, 6.45) is 0.0555. The van der Waals surface area contributed by atoms with Crippen LogP contribution in [0.4, 0.5) is 5.69 Å². The van der Waals surface area contributed by atoms with Crippen LogP contribution in [0, 0.1) is 6.92 Å². The van der Waals surface area contributed by atoms with E-state index in [1.165, 1.54) is 0 Å². The van der Waals surface area contributed by atoms with Crippen LogP contribution >= 0.6 is 47.8 Å². The summed E-state index contributed by atoms with van der Waals surface area (Å²) in [6.45, 7) is 3.39. The van der Waals surface area contributed by atoms with Crippen molar-refractivity contribution in [3.8, 4) is 5.75 Å². The van der Waals surface area contributed by atoms with E-state index in [2.05, 4.69) is 63.6 Å². The van der Waals surface area contributed by atoms with Gasteiger partial charge in [-0.2, -0.15) is 5.10 Å². The Balaban J connectivity index is 1.82. The van der Waals surface area contributed by atoms with Crippen LogP contribution in [0.25, 0.3) is 0 Å². The summed E-state index contributed by atoms with van der Waals surface area (Å²) in [5, 5.41) is 6.72. The van der Waals surface area contributed by atoms with Gasteiger partial charge in [0.1, 0.15) is 5.75 Å². The molecule has 0 saturated heterocycles. The van der Waals surface area contributed by atoms with Crippen LogP contribution in [0.15, 0.2) is 54.9 Å². The first-order valence-electron chi connectivity index (χ1n) is 8.21. The number of anilines is 1. The number of carbonyl (C=O) groups excluding carboxylic acids is 2. The molecule has 0 aromatic heterocycles. The zero-order valence-electron chi connectivity index (χ0n) is 15.2. The number of halogens is 3. The first-order valence-corrected chi connectivity index (χ1v) is 10.6. The monoisotopic (exact) mass is 573 g/mol. The average Bonchev–Trinajstić information content (AvgIpc) is 2.63. The molecule has 2 N–H and O–H groups in total. The molecule has 0 saturated carbocycles. The summed E-state index contributed by atoms with van der Waals surface area (Å²) >= 11 is 10.2. The molecule has 0 aliphatic carbocycles. The number of aryl methyl sites for hydroxylation is 1. The van der Waals surface area contributed by atoms with E-state index in [4.69, 9.17) is 4.74 Å². The number of carbonyl (C=O) groups is 2. The van der Waals surface area contributed by atoms with Gasteiger partial charge in [-0.3, -0.25) is 9.59 Å². The Hall–Kier alpha value is -1.71. The van der Waals surface area contributed by atoms with E-state index in [0.717, 1.165) is 19.0 Å². The van der Waals surface area contributed by atoms with Gasteiger partial charge in [-0.05, 0) is 75.5 Å². The largest absolute Gasteiger partial charge is 0.483 e. The first-order chi connectivity index (χ1) is 13.3. The Kier molecular flexibility index (Phi) is 8.65. The normalized spacial score (nSPS) is 11.1. The molecular formula is C19H18Br3N3O3. The minimum absolute atomic E-state index is 0.0555. The van der Waals surface area contributed by atoms with Crippen LogP contribution in [0.2, 0.25) is 0 Å². The van der Waals surface area contributed by atoms with E-state index in [1.54, 1.807) is 13.0 Å². The Morgan fingerprint density at radius 1 is 1.04 bits per heavy atom. The maximum Gasteiger partial charge on any atom is 0.277 e. The Morgan fingerprint density at radius 2 is 1.75 bits per heavy atom. The molecule has 2 aromatic carbocycles. The second-order valence-electron chi connectivity index (χ2n) is 5.91. The molecule has 0 heterocycles. The number of ether oxygens (including phenoxy) is 1. The van der Waals surface area contributed by atoms with Crippen molar-refractivity contribution in [2.75, 3.05) is 11.9 Å². The molecule has 28 heavy (non-hydrogen) atoms. The third-order valence-corrected chi connectivity index (χ3v) is 5.67. The molecule has 0 radical (unpaired) electrons. The van der Waals surface area contributed by atoms with Crippen LogP contribution in [0.3, 0.4) is 0 Å². The molecule has 0 atom stereocenters. The molecule has 0 fully saturated rings. The number of hydrazone groups is 1. The molecule has 0 bridgehead atoms. The van der Waals surface area contributed by atoms with Gasteiger partial charge in [-0.15, -0.1) is 0 Å². The molecular weight excluding hydrogens is 558 g/mol. The predicted molar refractivity (Wildman–Crippen MR) is 121 cm³/mol. The second kappa shape index (κ2) is 10.7. The second-order valence-corrected chi connectivity index (χ2v) is 8.47. The van der Waals surface area contributed by atoms with Crippen molar-refractivity contribution >= 4 is 71.0 Å². The van der Waals surface area contributed by atoms with Crippen molar-refractivity contribution in [3.63, 3.8) is 0 Å². The summed E-state index contributed by atoms with van der Waals surface area (Å²) in [4.78, 5) is 24.0. The standard InChI is InChI=1S/C19H18Br3N3O3/c1-11-7-17(15(22)9-14(11)21)28-10-19(27)25-24-12(2)8-18(26)23-16-6-4-3-5-13(16)20/h3-7,9H,8,10H2,1-2H3,(H,23,26)(H,25,27). The maximum atomic E-state index is 12.1. The van der Waals surface area contributed by atoms with Crippen molar-refractivity contribution in [2.24, 2.45) is 5.10 Å². The van der Waals surface area contributed by atoms with Gasteiger partial charge in [0.2, 0.25) is 5.91 Å². The number of rotatable bonds is 7. The molecule has 6 nitrogen and oxygen atoms in total. The summed E-state index contributed by atoms with van der Waals surface area (Å²) in [6, 6.07) is 11.0. The maximum absolute atomic E-state index is 12.1. The highest BCUT2D eigenvalue weighted by Gasteiger charge is 2.09. The van der Waals surface area contributed by atoms with Crippen molar-refractivity contribution in [1.29, 1.82) is 0 Å². The fourth-order valence-electron chi connectivity index (χ4n) is 2.10. The molecule has 0 unspecified atom stereocenters. The van der Waals surface area contributed by atoms with Gasteiger partial charge >= 0.3 is 0 Å². The van der Waals surface area contributed by atoms with E-state index >= 15 is 0 Å². The minimum Gasteiger partial charge on any atom is -0.483 e. The predicted octanol–water partition coefficient (Wildman–Crippen LogP) is 5.18. The first kappa shape index (κ1) is 22.6. The summed E-state index contributed by atoms with van der Waals surface area (Å²) in [5.41, 5.74) is 4.52. The fourth-order valence-corrected chi connectivity index (χ4v) is 3.60. The summed E-state index contributed by atoms with van der Waals surface area (Å²) < 4.78 is 7.98. The van der Waals surface area contributed by atoms with E-state index in [9.17, 15) is 9.59 Å². The Morgan fingerprint density at radius 3 is 2.46 bits per heavy atom. The highest BCUT2D eigenvalue weighted by atomic mass is 79.9. The zero-order chi connectivity index (χ0) is 20.7. The minimum atomic E-state index is -0.418. The average molecular weight is 576 g/mol. The number of nitrogens with one attached hydrogen (secondary N) is 2. The lowest BCUT2D eigenvalue weighted by Crippen LogP contribution is -2.26. The molecule has 2 rings (SSSR count). The number of para-hydroxylation sites is 1. The van der Waals surface area contributed by atoms with Gasteiger partial charge < -0.3 is 10.1 Å². The lowest BCUT2D eigenvalue weighted by molar-refractivity contribution is -0.123. The lowest BCUT2D eigenvalue weighted by atomic mass is 10.2. The van der Waals surface area contributed by atoms with Gasteiger partial charge in [0.05, 0.1) is 16.6 Å². The molecule has 9 heteroatoms. The molecule has 0 spiro atoms. The lowest BCUT2D eigenvalue weighted by Gasteiger charge is -2.10. The number of amides is 2. The topological polar surface area (TPSA) is 79.8 Å². The van der Waals surface area contributed by atoms with E-state index < -0.39 is 5.91 Å².